The first-order valence-corrected chi connectivity index (χ1v) is 9.89. The molecule has 0 saturated heterocycles. The van der Waals surface area contributed by atoms with Crippen molar-refractivity contribution in [1.82, 2.24) is 9.88 Å². The fourth-order valence-corrected chi connectivity index (χ4v) is 3.36. The molecule has 4 heteroatoms. The van der Waals surface area contributed by atoms with Crippen LogP contribution in [0.3, 0.4) is 0 Å². The van der Waals surface area contributed by atoms with E-state index in [1.165, 1.54) is 11.1 Å². The molecule has 0 aliphatic carbocycles. The second-order valence-corrected chi connectivity index (χ2v) is 8.14. The Morgan fingerprint density at radius 3 is 2.00 bits per heavy atom. The first kappa shape index (κ1) is 20.3. The number of hydrogen-bond acceptors (Lipinski definition) is 4. The van der Waals surface area contributed by atoms with Crippen LogP contribution in [0.4, 0.5) is 0 Å². The van der Waals surface area contributed by atoms with E-state index in [0.717, 1.165) is 12.3 Å². The lowest BCUT2D eigenvalue weighted by molar-refractivity contribution is 0.170. The highest BCUT2D eigenvalue weighted by Gasteiger charge is 2.25. The van der Waals surface area contributed by atoms with Crippen molar-refractivity contribution < 1.29 is 9.52 Å². The van der Waals surface area contributed by atoms with E-state index in [9.17, 15) is 5.11 Å². The van der Waals surface area contributed by atoms with Crippen molar-refractivity contribution in [3.8, 4) is 0 Å². The molecule has 0 radical (unpaired) electrons. The van der Waals surface area contributed by atoms with E-state index in [4.69, 9.17) is 4.42 Å². The summed E-state index contributed by atoms with van der Waals surface area (Å²) >= 11 is 0. The smallest absolute Gasteiger partial charge is 0.208 e. The number of aliphatic hydroxyl groups excluding tert-OH is 1. The first-order chi connectivity index (χ1) is 13.5. The average molecular weight is 379 g/mol. The molecule has 1 N–H and O–H groups in total. The van der Waals surface area contributed by atoms with Crippen molar-refractivity contribution in [3.05, 3.63) is 89.6 Å². The summed E-state index contributed by atoms with van der Waals surface area (Å²) in [7, 11) is 0. The first-order valence-electron chi connectivity index (χ1n) is 9.89. The SMILES string of the molecule is CC(C)(C)c1cnc(CN(CCCO)C(c2ccccc2)c2ccccc2)o1. The molecule has 1 aromatic heterocycles. The summed E-state index contributed by atoms with van der Waals surface area (Å²) in [6, 6.07) is 21.0. The molecule has 0 aliphatic rings. The summed E-state index contributed by atoms with van der Waals surface area (Å²) < 4.78 is 6.07. The standard InChI is InChI=1S/C24H30N2O2/c1-24(2,3)21-17-25-22(28-21)18-26(15-10-16-27)23(19-11-6-4-7-12-19)20-13-8-5-9-14-20/h4-9,11-14,17,23,27H,10,15-16,18H2,1-3H3. The summed E-state index contributed by atoms with van der Waals surface area (Å²) in [6.45, 7) is 7.86. The highest BCUT2D eigenvalue weighted by atomic mass is 16.4. The largest absolute Gasteiger partial charge is 0.444 e. The van der Waals surface area contributed by atoms with Crippen molar-refractivity contribution >= 4 is 0 Å². The summed E-state index contributed by atoms with van der Waals surface area (Å²) in [5.74, 6) is 1.60. The summed E-state index contributed by atoms with van der Waals surface area (Å²) in [4.78, 5) is 6.86. The summed E-state index contributed by atoms with van der Waals surface area (Å²) in [6.07, 6.45) is 2.53. The van der Waals surface area contributed by atoms with Crippen LogP contribution in [0.15, 0.2) is 71.3 Å². The van der Waals surface area contributed by atoms with Gasteiger partial charge in [-0.25, -0.2) is 4.98 Å². The van der Waals surface area contributed by atoms with Crippen LogP contribution in [-0.4, -0.2) is 28.1 Å². The molecule has 3 rings (SSSR count). The number of aromatic nitrogens is 1. The minimum atomic E-state index is -0.0700. The van der Waals surface area contributed by atoms with Crippen LogP contribution >= 0.6 is 0 Å². The second-order valence-electron chi connectivity index (χ2n) is 8.14. The van der Waals surface area contributed by atoms with Gasteiger partial charge in [-0.2, -0.15) is 0 Å². The lowest BCUT2D eigenvalue weighted by Gasteiger charge is -2.31. The highest BCUT2D eigenvalue weighted by molar-refractivity contribution is 5.31. The zero-order chi connectivity index (χ0) is 20.0. The predicted octanol–water partition coefficient (Wildman–Crippen LogP) is 4.95. The Morgan fingerprint density at radius 1 is 0.964 bits per heavy atom. The van der Waals surface area contributed by atoms with Crippen molar-refractivity contribution in [1.29, 1.82) is 0 Å². The minimum Gasteiger partial charge on any atom is -0.444 e. The molecule has 0 bridgehead atoms. The zero-order valence-electron chi connectivity index (χ0n) is 17.0. The van der Waals surface area contributed by atoms with Gasteiger partial charge < -0.3 is 9.52 Å². The normalized spacial score (nSPS) is 12.1. The molecule has 4 nitrogen and oxygen atoms in total. The van der Waals surface area contributed by atoms with Crippen LogP contribution in [0, 0.1) is 0 Å². The number of hydrogen-bond donors (Lipinski definition) is 1. The molecule has 0 atom stereocenters. The third-order valence-corrected chi connectivity index (χ3v) is 4.83. The van der Waals surface area contributed by atoms with Crippen molar-refractivity contribution in [3.63, 3.8) is 0 Å². The lowest BCUT2D eigenvalue weighted by atomic mass is 9.94. The summed E-state index contributed by atoms with van der Waals surface area (Å²) in [5, 5.41) is 9.45. The van der Waals surface area contributed by atoms with E-state index in [0.29, 0.717) is 18.9 Å². The van der Waals surface area contributed by atoms with Crippen LogP contribution in [0.5, 0.6) is 0 Å². The summed E-state index contributed by atoms with van der Waals surface area (Å²) in [5.41, 5.74) is 2.36. The molecule has 0 saturated carbocycles. The Labute approximate surface area is 167 Å². The number of benzene rings is 2. The fourth-order valence-electron chi connectivity index (χ4n) is 3.36. The van der Waals surface area contributed by atoms with Gasteiger partial charge in [0.25, 0.3) is 0 Å². The fraction of sp³-hybridized carbons (Fsp3) is 0.375. The zero-order valence-corrected chi connectivity index (χ0v) is 17.0. The molecule has 0 unspecified atom stereocenters. The van der Waals surface area contributed by atoms with E-state index in [-0.39, 0.29) is 18.1 Å². The Hall–Kier alpha value is -2.43. The Kier molecular flexibility index (Phi) is 6.65. The number of rotatable bonds is 8. The third-order valence-electron chi connectivity index (χ3n) is 4.83. The Bertz CT molecular complexity index is 798. The van der Waals surface area contributed by atoms with E-state index in [1.54, 1.807) is 0 Å². The quantitative estimate of drug-likeness (QED) is 0.603. The molecule has 28 heavy (non-hydrogen) atoms. The molecule has 2 aromatic carbocycles. The minimum absolute atomic E-state index is 0.0685. The maximum atomic E-state index is 9.45. The van der Waals surface area contributed by atoms with Gasteiger partial charge in [0, 0.05) is 18.6 Å². The number of aliphatic hydroxyl groups is 1. The Morgan fingerprint density at radius 2 is 1.54 bits per heavy atom. The molecule has 0 aliphatic heterocycles. The van der Waals surface area contributed by atoms with Crippen molar-refractivity contribution in [2.45, 2.75) is 45.2 Å². The molecule has 148 valence electrons. The molecule has 1 heterocycles. The van der Waals surface area contributed by atoms with Crippen molar-refractivity contribution in [2.24, 2.45) is 0 Å². The molecular formula is C24H30N2O2. The predicted molar refractivity (Wildman–Crippen MR) is 112 cm³/mol. The van der Waals surface area contributed by atoms with Gasteiger partial charge in [-0.05, 0) is 17.5 Å². The topological polar surface area (TPSA) is 49.5 Å². The second kappa shape index (κ2) is 9.18. The van der Waals surface area contributed by atoms with Gasteiger partial charge in [-0.3, -0.25) is 4.90 Å². The van der Waals surface area contributed by atoms with Crippen LogP contribution in [0.1, 0.15) is 56.0 Å². The maximum absolute atomic E-state index is 9.45. The number of oxazole rings is 1. The molecule has 3 aromatic rings. The lowest BCUT2D eigenvalue weighted by Crippen LogP contribution is -2.31. The van der Waals surface area contributed by atoms with Gasteiger partial charge in [0.1, 0.15) is 5.76 Å². The average Bonchev–Trinajstić information content (AvgIpc) is 3.17. The van der Waals surface area contributed by atoms with Crippen LogP contribution in [-0.2, 0) is 12.0 Å². The van der Waals surface area contributed by atoms with E-state index < -0.39 is 0 Å². The van der Waals surface area contributed by atoms with Gasteiger partial charge in [0.2, 0.25) is 5.89 Å². The van der Waals surface area contributed by atoms with Gasteiger partial charge in [-0.1, -0.05) is 81.4 Å². The van der Waals surface area contributed by atoms with Gasteiger partial charge in [0.05, 0.1) is 18.8 Å². The van der Waals surface area contributed by atoms with Gasteiger partial charge >= 0.3 is 0 Å². The molecule has 0 amide bonds. The molecular weight excluding hydrogens is 348 g/mol. The van der Waals surface area contributed by atoms with E-state index in [1.807, 2.05) is 18.3 Å². The van der Waals surface area contributed by atoms with E-state index in [2.05, 4.69) is 79.2 Å². The van der Waals surface area contributed by atoms with Crippen molar-refractivity contribution in [2.75, 3.05) is 13.2 Å². The molecule has 0 spiro atoms. The van der Waals surface area contributed by atoms with Crippen LogP contribution < -0.4 is 0 Å². The van der Waals surface area contributed by atoms with Crippen LogP contribution in [0.25, 0.3) is 0 Å². The van der Waals surface area contributed by atoms with E-state index >= 15 is 0 Å². The monoisotopic (exact) mass is 378 g/mol. The highest BCUT2D eigenvalue weighted by Crippen LogP contribution is 2.31. The Balaban J connectivity index is 1.95. The third kappa shape index (κ3) is 5.09. The van der Waals surface area contributed by atoms with Gasteiger partial charge in [-0.15, -0.1) is 0 Å². The maximum Gasteiger partial charge on any atom is 0.208 e. The van der Waals surface area contributed by atoms with Gasteiger partial charge in [0.15, 0.2) is 0 Å². The number of nitrogens with zero attached hydrogens (tertiary/aromatic N) is 2. The van der Waals surface area contributed by atoms with Crippen LogP contribution in [0.2, 0.25) is 0 Å². The molecule has 0 fully saturated rings.